The molecule has 0 atom stereocenters. The quantitative estimate of drug-likeness (QED) is 0.875. The Balaban J connectivity index is 0.00000128. The molecule has 0 saturated heterocycles. The summed E-state index contributed by atoms with van der Waals surface area (Å²) in [5.74, 6) is 0. The van der Waals surface area contributed by atoms with Crippen LogP contribution < -0.4 is 5.32 Å². The SMILES string of the molecule is Cc1ccsc1CNCc1ccccc1.Cl. The number of halogens is 1. The summed E-state index contributed by atoms with van der Waals surface area (Å²) in [6.45, 7) is 4.08. The molecule has 2 aromatic rings. The first kappa shape index (κ1) is 13.2. The first-order chi connectivity index (χ1) is 7.36. The molecule has 1 nitrogen and oxygen atoms in total. The Hall–Kier alpha value is -0.830. The van der Waals surface area contributed by atoms with Crippen molar-refractivity contribution in [2.75, 3.05) is 0 Å². The van der Waals surface area contributed by atoms with Gasteiger partial charge in [0.25, 0.3) is 0 Å². The maximum atomic E-state index is 3.46. The molecule has 0 fully saturated rings. The molecule has 3 heteroatoms. The lowest BCUT2D eigenvalue weighted by atomic mass is 10.2. The summed E-state index contributed by atoms with van der Waals surface area (Å²) in [6.07, 6.45) is 0. The highest BCUT2D eigenvalue weighted by molar-refractivity contribution is 7.10. The fraction of sp³-hybridized carbons (Fsp3) is 0.231. The van der Waals surface area contributed by atoms with E-state index in [0.717, 1.165) is 13.1 Å². The fourth-order valence-corrected chi connectivity index (χ4v) is 2.38. The van der Waals surface area contributed by atoms with Crippen LogP contribution in [0.2, 0.25) is 0 Å². The van der Waals surface area contributed by atoms with Crippen LogP contribution in [0, 0.1) is 6.92 Å². The Kier molecular flexibility index (Phi) is 5.53. The Morgan fingerprint density at radius 1 is 1.06 bits per heavy atom. The third-order valence-corrected chi connectivity index (χ3v) is 3.45. The van der Waals surface area contributed by atoms with E-state index in [0.29, 0.717) is 0 Å². The van der Waals surface area contributed by atoms with Gasteiger partial charge in [0.15, 0.2) is 0 Å². The van der Waals surface area contributed by atoms with Crippen LogP contribution >= 0.6 is 23.7 Å². The molecule has 0 saturated carbocycles. The summed E-state index contributed by atoms with van der Waals surface area (Å²) in [5.41, 5.74) is 2.73. The van der Waals surface area contributed by atoms with E-state index >= 15 is 0 Å². The van der Waals surface area contributed by atoms with Gasteiger partial charge in [-0.3, -0.25) is 0 Å². The van der Waals surface area contributed by atoms with Gasteiger partial charge < -0.3 is 5.32 Å². The van der Waals surface area contributed by atoms with Crippen molar-refractivity contribution in [1.82, 2.24) is 5.32 Å². The minimum Gasteiger partial charge on any atom is -0.308 e. The molecule has 0 radical (unpaired) electrons. The Morgan fingerprint density at radius 3 is 2.44 bits per heavy atom. The average Bonchev–Trinajstić information content (AvgIpc) is 2.66. The van der Waals surface area contributed by atoms with Crippen molar-refractivity contribution in [3.8, 4) is 0 Å². The molecule has 2 rings (SSSR count). The Morgan fingerprint density at radius 2 is 1.81 bits per heavy atom. The third-order valence-electron chi connectivity index (χ3n) is 2.43. The number of rotatable bonds is 4. The van der Waals surface area contributed by atoms with E-state index in [1.807, 2.05) is 17.4 Å². The molecule has 16 heavy (non-hydrogen) atoms. The van der Waals surface area contributed by atoms with Crippen molar-refractivity contribution < 1.29 is 0 Å². The number of hydrogen-bond acceptors (Lipinski definition) is 2. The Bertz CT molecular complexity index is 411. The molecule has 86 valence electrons. The summed E-state index contributed by atoms with van der Waals surface area (Å²) in [5, 5.41) is 5.60. The minimum absolute atomic E-state index is 0. The molecule has 0 aliphatic rings. The van der Waals surface area contributed by atoms with Crippen molar-refractivity contribution >= 4 is 23.7 Å². The lowest BCUT2D eigenvalue weighted by Gasteiger charge is -2.03. The molecule has 1 aromatic carbocycles. The summed E-state index contributed by atoms with van der Waals surface area (Å²) >= 11 is 1.82. The van der Waals surface area contributed by atoms with Gasteiger partial charge in [0.1, 0.15) is 0 Å². The van der Waals surface area contributed by atoms with Crippen LogP contribution in [0.3, 0.4) is 0 Å². The lowest BCUT2D eigenvalue weighted by molar-refractivity contribution is 0.699. The molecule has 1 N–H and O–H groups in total. The van der Waals surface area contributed by atoms with Gasteiger partial charge in [-0.15, -0.1) is 23.7 Å². The van der Waals surface area contributed by atoms with Crippen molar-refractivity contribution in [1.29, 1.82) is 0 Å². The second kappa shape index (κ2) is 6.69. The monoisotopic (exact) mass is 253 g/mol. The van der Waals surface area contributed by atoms with Gasteiger partial charge in [0.05, 0.1) is 0 Å². The molecule has 0 bridgehead atoms. The highest BCUT2D eigenvalue weighted by Crippen LogP contribution is 2.14. The Labute approximate surface area is 107 Å². The molecule has 0 aliphatic carbocycles. The molecule has 0 spiro atoms. The van der Waals surface area contributed by atoms with E-state index in [1.165, 1.54) is 16.0 Å². The zero-order valence-electron chi connectivity index (χ0n) is 9.27. The van der Waals surface area contributed by atoms with Gasteiger partial charge in [-0.25, -0.2) is 0 Å². The smallest absolute Gasteiger partial charge is 0.0305 e. The van der Waals surface area contributed by atoms with Gasteiger partial charge >= 0.3 is 0 Å². The molecular weight excluding hydrogens is 238 g/mol. The molecule has 0 unspecified atom stereocenters. The number of benzene rings is 1. The van der Waals surface area contributed by atoms with E-state index < -0.39 is 0 Å². The topological polar surface area (TPSA) is 12.0 Å². The van der Waals surface area contributed by atoms with E-state index in [1.54, 1.807) is 0 Å². The van der Waals surface area contributed by atoms with Crippen molar-refractivity contribution in [2.45, 2.75) is 20.0 Å². The normalized spacial score (nSPS) is 9.81. The molecule has 1 heterocycles. The predicted molar refractivity (Wildman–Crippen MR) is 73.3 cm³/mol. The van der Waals surface area contributed by atoms with Crippen LogP contribution in [0.4, 0.5) is 0 Å². The van der Waals surface area contributed by atoms with E-state index in [-0.39, 0.29) is 12.4 Å². The number of aryl methyl sites for hydroxylation is 1. The average molecular weight is 254 g/mol. The summed E-state index contributed by atoms with van der Waals surface area (Å²) in [6, 6.07) is 12.7. The number of nitrogens with one attached hydrogen (secondary N) is 1. The number of thiophene rings is 1. The minimum atomic E-state index is 0. The maximum absolute atomic E-state index is 3.46. The number of hydrogen-bond donors (Lipinski definition) is 1. The van der Waals surface area contributed by atoms with Crippen LogP contribution in [0.5, 0.6) is 0 Å². The molecule has 1 aromatic heterocycles. The van der Waals surface area contributed by atoms with Gasteiger partial charge in [0.2, 0.25) is 0 Å². The van der Waals surface area contributed by atoms with Crippen LogP contribution in [-0.2, 0) is 13.1 Å². The van der Waals surface area contributed by atoms with E-state index in [2.05, 4.69) is 48.0 Å². The van der Waals surface area contributed by atoms with Crippen LogP contribution in [0.25, 0.3) is 0 Å². The zero-order chi connectivity index (χ0) is 10.5. The summed E-state index contributed by atoms with van der Waals surface area (Å²) in [7, 11) is 0. The zero-order valence-corrected chi connectivity index (χ0v) is 10.9. The van der Waals surface area contributed by atoms with Crippen molar-refractivity contribution in [3.63, 3.8) is 0 Å². The van der Waals surface area contributed by atoms with Crippen LogP contribution in [-0.4, -0.2) is 0 Å². The van der Waals surface area contributed by atoms with Crippen molar-refractivity contribution in [2.24, 2.45) is 0 Å². The van der Waals surface area contributed by atoms with Gasteiger partial charge in [-0.2, -0.15) is 0 Å². The predicted octanol–water partition coefficient (Wildman–Crippen LogP) is 3.77. The van der Waals surface area contributed by atoms with Gasteiger partial charge in [-0.05, 0) is 29.5 Å². The van der Waals surface area contributed by atoms with E-state index in [4.69, 9.17) is 0 Å². The van der Waals surface area contributed by atoms with Crippen LogP contribution in [0.15, 0.2) is 41.8 Å². The molecule has 0 amide bonds. The molecule has 0 aliphatic heterocycles. The fourth-order valence-electron chi connectivity index (χ4n) is 1.50. The standard InChI is InChI=1S/C13H15NS.ClH/c1-11-7-8-15-13(11)10-14-9-12-5-3-2-4-6-12;/h2-8,14H,9-10H2,1H3;1H. The highest BCUT2D eigenvalue weighted by Gasteiger charge is 1.98. The summed E-state index contributed by atoms with van der Waals surface area (Å²) in [4.78, 5) is 1.44. The highest BCUT2D eigenvalue weighted by atomic mass is 35.5. The maximum Gasteiger partial charge on any atom is 0.0305 e. The van der Waals surface area contributed by atoms with Gasteiger partial charge in [0, 0.05) is 18.0 Å². The van der Waals surface area contributed by atoms with Crippen LogP contribution in [0.1, 0.15) is 16.0 Å². The first-order valence-corrected chi connectivity index (χ1v) is 6.02. The van der Waals surface area contributed by atoms with Crippen molar-refractivity contribution in [3.05, 3.63) is 57.8 Å². The van der Waals surface area contributed by atoms with E-state index in [9.17, 15) is 0 Å². The second-order valence-corrected chi connectivity index (χ2v) is 4.62. The third kappa shape index (κ3) is 3.63. The summed E-state index contributed by atoms with van der Waals surface area (Å²) < 4.78 is 0. The first-order valence-electron chi connectivity index (χ1n) is 5.14. The molecular formula is C13H16ClNS. The largest absolute Gasteiger partial charge is 0.308 e. The second-order valence-electron chi connectivity index (χ2n) is 3.62. The van der Waals surface area contributed by atoms with Gasteiger partial charge in [-0.1, -0.05) is 30.3 Å². The lowest BCUT2D eigenvalue weighted by Crippen LogP contribution is -2.12.